The molecular weight excluding hydrogens is 544 g/mol. The Kier molecular flexibility index (Phi) is 11.3. The van der Waals surface area contributed by atoms with Crippen LogP contribution in [0.15, 0.2) is 51.7 Å². The number of oxazole rings is 1. The highest BCUT2D eigenvalue weighted by atomic mass is 16.5. The van der Waals surface area contributed by atoms with Crippen LogP contribution in [0.1, 0.15) is 91.6 Å². The minimum Gasteiger partial charge on any atom is -0.431 e. The van der Waals surface area contributed by atoms with Gasteiger partial charge in [-0.05, 0) is 57.9 Å². The lowest BCUT2D eigenvalue weighted by molar-refractivity contribution is -0.0170. The molecule has 1 amide bonds. The Hall–Kier alpha value is -4.18. The zero-order chi connectivity index (χ0) is 30.8. The topological polar surface area (TPSA) is 140 Å². The first-order chi connectivity index (χ1) is 20.8. The van der Waals surface area contributed by atoms with Crippen molar-refractivity contribution in [1.29, 1.82) is 5.41 Å². The van der Waals surface area contributed by atoms with Crippen molar-refractivity contribution in [2.75, 3.05) is 13.7 Å². The van der Waals surface area contributed by atoms with E-state index in [1.54, 1.807) is 12.3 Å². The van der Waals surface area contributed by atoms with E-state index in [2.05, 4.69) is 58.3 Å². The van der Waals surface area contributed by atoms with Gasteiger partial charge < -0.3 is 24.4 Å². The van der Waals surface area contributed by atoms with Gasteiger partial charge in [-0.15, -0.1) is 0 Å². The van der Waals surface area contributed by atoms with E-state index < -0.39 is 0 Å². The van der Waals surface area contributed by atoms with Crippen LogP contribution < -0.4 is 5.32 Å². The zero-order valence-corrected chi connectivity index (χ0v) is 25.7. The first kappa shape index (κ1) is 31.7. The summed E-state index contributed by atoms with van der Waals surface area (Å²) in [6.45, 7) is 9.40. The molecule has 1 aliphatic carbocycles. The first-order valence-corrected chi connectivity index (χ1v) is 15.0. The van der Waals surface area contributed by atoms with Gasteiger partial charge in [-0.2, -0.15) is 4.98 Å². The Morgan fingerprint density at radius 2 is 1.86 bits per heavy atom. The highest BCUT2D eigenvalue weighted by Gasteiger charge is 2.29. The average molecular weight is 587 g/mol. The molecule has 43 heavy (non-hydrogen) atoms. The van der Waals surface area contributed by atoms with Crippen LogP contribution in [0.4, 0.5) is 0 Å². The molecule has 0 bridgehead atoms. The molecule has 4 heterocycles. The van der Waals surface area contributed by atoms with Crippen molar-refractivity contribution in [3.05, 3.63) is 71.2 Å². The molecule has 0 spiro atoms. The number of aromatic nitrogens is 4. The smallest absolute Gasteiger partial charge is 0.288 e. The van der Waals surface area contributed by atoms with Gasteiger partial charge in [0.05, 0.1) is 17.9 Å². The van der Waals surface area contributed by atoms with Crippen molar-refractivity contribution in [3.8, 4) is 22.8 Å². The third kappa shape index (κ3) is 8.90. The number of nitrogens with one attached hydrogen (secondary N) is 2. The molecule has 1 aliphatic heterocycles. The Morgan fingerprint density at radius 1 is 1.09 bits per heavy atom. The maximum Gasteiger partial charge on any atom is 0.288 e. The van der Waals surface area contributed by atoms with Gasteiger partial charge in [0.2, 0.25) is 23.4 Å². The predicted octanol–water partition coefficient (Wildman–Crippen LogP) is 6.93. The quantitative estimate of drug-likeness (QED) is 0.222. The van der Waals surface area contributed by atoms with E-state index >= 15 is 0 Å². The van der Waals surface area contributed by atoms with Gasteiger partial charge in [-0.1, -0.05) is 55.3 Å². The number of nitrogens with zero attached hydrogens (tertiary/aromatic N) is 4. The van der Waals surface area contributed by atoms with Crippen molar-refractivity contribution in [3.63, 3.8) is 0 Å². The van der Waals surface area contributed by atoms with Gasteiger partial charge in [0.25, 0.3) is 5.91 Å². The SMILES string of the molecule is CCC(C)C1CCCCO1.CNC(=O)c1cnc(-c2cnc(C)c(C=N)c2)o1.Cc1ccc(-c2noc(C3CC3)n2)cc1. The first-order valence-electron chi connectivity index (χ1n) is 15.0. The number of rotatable bonds is 7. The summed E-state index contributed by atoms with van der Waals surface area (Å²) in [5.41, 5.74) is 4.34. The zero-order valence-electron chi connectivity index (χ0n) is 25.7. The number of benzene rings is 1. The molecule has 0 radical (unpaired) electrons. The molecule has 2 aliphatic rings. The predicted molar refractivity (Wildman–Crippen MR) is 165 cm³/mol. The number of hydrogen-bond acceptors (Lipinski definition) is 9. The molecule has 6 rings (SSSR count). The van der Waals surface area contributed by atoms with E-state index in [-0.39, 0.29) is 11.7 Å². The highest BCUT2D eigenvalue weighted by molar-refractivity contribution is 5.91. The van der Waals surface area contributed by atoms with Crippen LogP contribution in [-0.2, 0) is 4.74 Å². The standard InChI is InChI=1S/C12H12N4O2.C12H12N2O.C9H18O/c1-7-8(4-13)3-9(5-15-7)12-16-6-10(18-12)11(17)14-2;1-8-2-4-9(5-3-8)11-13-12(15-14-11)10-6-7-10;1-3-8(2)9-6-4-5-7-10-9/h3-6,13H,1-2H3,(H,14,17);2-5,10H,6-7H2,1H3;8-9H,3-7H2,1-2H3. The maximum atomic E-state index is 11.3. The van der Waals surface area contributed by atoms with Crippen molar-refractivity contribution in [1.82, 2.24) is 25.4 Å². The molecule has 1 aromatic carbocycles. The second-order valence-corrected chi connectivity index (χ2v) is 11.0. The fourth-order valence-electron chi connectivity index (χ4n) is 4.48. The van der Waals surface area contributed by atoms with E-state index in [1.807, 2.05) is 19.1 Å². The lowest BCUT2D eigenvalue weighted by Gasteiger charge is -2.27. The second-order valence-electron chi connectivity index (χ2n) is 11.0. The van der Waals surface area contributed by atoms with E-state index in [0.29, 0.717) is 34.9 Å². The highest BCUT2D eigenvalue weighted by Crippen LogP contribution is 2.39. The van der Waals surface area contributed by atoms with Crippen LogP contribution in [0.2, 0.25) is 0 Å². The van der Waals surface area contributed by atoms with Crippen LogP contribution in [0, 0.1) is 25.2 Å². The molecule has 10 nitrogen and oxygen atoms in total. The van der Waals surface area contributed by atoms with Crippen molar-refractivity contribution in [2.45, 2.75) is 78.2 Å². The normalized spacial score (nSPS) is 16.6. The Bertz CT molecular complexity index is 1470. The second kappa shape index (κ2) is 15.3. The number of hydrogen-bond donors (Lipinski definition) is 2. The van der Waals surface area contributed by atoms with Crippen molar-refractivity contribution < 1.29 is 18.5 Å². The molecule has 4 aromatic rings. The molecule has 2 unspecified atom stereocenters. The summed E-state index contributed by atoms with van der Waals surface area (Å²) in [6.07, 6.45) is 12.3. The summed E-state index contributed by atoms with van der Waals surface area (Å²) in [5.74, 6) is 2.91. The molecule has 228 valence electrons. The number of carbonyl (C=O) groups excluding carboxylic acids is 1. The Balaban J connectivity index is 0.000000154. The van der Waals surface area contributed by atoms with Crippen LogP contribution in [0.25, 0.3) is 22.8 Å². The fourth-order valence-corrected chi connectivity index (χ4v) is 4.48. The van der Waals surface area contributed by atoms with Crippen molar-refractivity contribution >= 4 is 12.1 Å². The summed E-state index contributed by atoms with van der Waals surface area (Å²) >= 11 is 0. The number of amides is 1. The molecule has 1 saturated carbocycles. The van der Waals surface area contributed by atoms with E-state index in [1.165, 1.54) is 63.5 Å². The molecule has 10 heteroatoms. The molecule has 2 atom stereocenters. The summed E-state index contributed by atoms with van der Waals surface area (Å²) in [4.78, 5) is 23.9. The van der Waals surface area contributed by atoms with Gasteiger partial charge in [-0.3, -0.25) is 9.78 Å². The van der Waals surface area contributed by atoms with Crippen LogP contribution in [0.5, 0.6) is 0 Å². The third-order valence-corrected chi connectivity index (χ3v) is 7.66. The van der Waals surface area contributed by atoms with Gasteiger partial charge in [-0.25, -0.2) is 4.98 Å². The van der Waals surface area contributed by atoms with Crippen LogP contribution >= 0.6 is 0 Å². The number of ether oxygens (including phenoxy) is 1. The molecule has 3 aromatic heterocycles. The number of pyridine rings is 1. The van der Waals surface area contributed by atoms with Gasteiger partial charge in [0.15, 0.2) is 0 Å². The summed E-state index contributed by atoms with van der Waals surface area (Å²) in [5, 5.41) is 13.7. The molecule has 2 N–H and O–H groups in total. The fraction of sp³-hybridized carbons (Fsp3) is 0.455. The minimum atomic E-state index is -0.332. The van der Waals surface area contributed by atoms with Gasteiger partial charge in [0, 0.05) is 48.8 Å². The van der Waals surface area contributed by atoms with E-state index in [9.17, 15) is 4.79 Å². The Labute approximate surface area is 253 Å². The monoisotopic (exact) mass is 586 g/mol. The number of carbonyl (C=O) groups is 1. The Morgan fingerprint density at radius 3 is 2.49 bits per heavy atom. The van der Waals surface area contributed by atoms with Crippen molar-refractivity contribution in [2.24, 2.45) is 5.92 Å². The third-order valence-electron chi connectivity index (χ3n) is 7.66. The molecule has 1 saturated heterocycles. The van der Waals surface area contributed by atoms with E-state index in [0.717, 1.165) is 29.7 Å². The van der Waals surface area contributed by atoms with E-state index in [4.69, 9.17) is 19.1 Å². The molecule has 2 fully saturated rings. The lowest BCUT2D eigenvalue weighted by atomic mass is 9.95. The average Bonchev–Trinajstić information content (AvgIpc) is 3.56. The van der Waals surface area contributed by atoms with Gasteiger partial charge >= 0.3 is 0 Å². The number of aryl methyl sites for hydroxylation is 2. The molecular formula is C33H42N6O4. The largest absolute Gasteiger partial charge is 0.431 e. The van der Waals surface area contributed by atoms with Crippen LogP contribution in [0.3, 0.4) is 0 Å². The maximum absolute atomic E-state index is 11.3. The lowest BCUT2D eigenvalue weighted by Crippen LogP contribution is -2.25. The van der Waals surface area contributed by atoms with Gasteiger partial charge in [0.1, 0.15) is 0 Å². The summed E-state index contributed by atoms with van der Waals surface area (Å²) < 4.78 is 16.2. The minimum absolute atomic E-state index is 0.143. The summed E-state index contributed by atoms with van der Waals surface area (Å²) in [7, 11) is 1.52. The summed E-state index contributed by atoms with van der Waals surface area (Å²) in [6, 6.07) is 9.91. The van der Waals surface area contributed by atoms with Crippen LogP contribution in [-0.4, -0.2) is 52.0 Å².